The number of halogens is 2. The minimum atomic E-state index is -3.36. The third-order valence-corrected chi connectivity index (χ3v) is 7.13. The summed E-state index contributed by atoms with van der Waals surface area (Å²) in [5, 5.41) is 4.19. The number of hydrogen-bond donors (Lipinski definition) is 1. The number of nitrogens with zero attached hydrogens (tertiary/aromatic N) is 2. The lowest BCUT2D eigenvalue weighted by atomic mass is 9.95. The Labute approximate surface area is 187 Å². The van der Waals surface area contributed by atoms with Crippen molar-refractivity contribution in [1.82, 2.24) is 4.90 Å². The zero-order chi connectivity index (χ0) is 21.9. The van der Waals surface area contributed by atoms with Gasteiger partial charge in [0.05, 0.1) is 11.9 Å². The van der Waals surface area contributed by atoms with Crippen LogP contribution in [0.2, 0.25) is 10.0 Å². The number of sulfonamides is 1. The highest BCUT2D eigenvalue weighted by Crippen LogP contribution is 2.26. The number of anilines is 2. The maximum absolute atomic E-state index is 12.7. The van der Waals surface area contributed by atoms with Crippen LogP contribution in [0.25, 0.3) is 0 Å². The van der Waals surface area contributed by atoms with Crippen molar-refractivity contribution in [3.63, 3.8) is 0 Å². The highest BCUT2D eigenvalue weighted by atomic mass is 35.5. The Bertz CT molecular complexity index is 1020. The molecule has 2 aromatic rings. The first-order valence-corrected chi connectivity index (χ1v) is 12.2. The monoisotopic (exact) mass is 469 g/mol. The summed E-state index contributed by atoms with van der Waals surface area (Å²) in [5.41, 5.74) is 2.11. The highest BCUT2D eigenvalue weighted by molar-refractivity contribution is 7.92. The summed E-state index contributed by atoms with van der Waals surface area (Å²) in [6.45, 7) is 2.33. The molecule has 9 heteroatoms. The van der Waals surface area contributed by atoms with Gasteiger partial charge in [0.2, 0.25) is 15.9 Å². The number of carbonyl (C=O) groups is 1. The summed E-state index contributed by atoms with van der Waals surface area (Å²) in [7, 11) is -1.88. The number of likely N-dealkylation sites (tertiary alicyclic amines) is 1. The first kappa shape index (κ1) is 22.9. The molecule has 0 saturated carbocycles. The molecule has 1 N–H and O–H groups in total. The van der Waals surface area contributed by atoms with Crippen molar-refractivity contribution in [3.05, 3.63) is 58.1 Å². The third-order valence-electron chi connectivity index (χ3n) is 5.34. The summed E-state index contributed by atoms with van der Waals surface area (Å²) in [6.07, 6.45) is 2.64. The highest BCUT2D eigenvalue weighted by Gasteiger charge is 2.25. The topological polar surface area (TPSA) is 69.7 Å². The van der Waals surface area contributed by atoms with Crippen molar-refractivity contribution >= 4 is 50.5 Å². The van der Waals surface area contributed by atoms with Gasteiger partial charge in [0.15, 0.2) is 0 Å². The molecule has 0 spiro atoms. The van der Waals surface area contributed by atoms with Crippen molar-refractivity contribution in [2.75, 3.05) is 36.0 Å². The molecule has 6 nitrogen and oxygen atoms in total. The zero-order valence-electron chi connectivity index (χ0n) is 16.9. The largest absolute Gasteiger partial charge is 0.326 e. The molecule has 0 radical (unpaired) electrons. The Kier molecular flexibility index (Phi) is 7.29. The van der Waals surface area contributed by atoms with Gasteiger partial charge in [-0.25, -0.2) is 8.42 Å². The number of nitrogens with one attached hydrogen (secondary N) is 1. The second-order valence-electron chi connectivity index (χ2n) is 7.56. The quantitative estimate of drug-likeness (QED) is 0.686. The predicted molar refractivity (Wildman–Crippen MR) is 123 cm³/mol. The van der Waals surface area contributed by atoms with E-state index in [0.29, 0.717) is 21.4 Å². The van der Waals surface area contributed by atoms with Crippen LogP contribution in [0.3, 0.4) is 0 Å². The van der Waals surface area contributed by atoms with Crippen LogP contribution >= 0.6 is 23.2 Å². The molecular formula is C21H25Cl2N3O3S. The predicted octanol–water partition coefficient (Wildman–Crippen LogP) is 4.24. The number of amides is 1. The summed E-state index contributed by atoms with van der Waals surface area (Å²) < 4.78 is 24.6. The molecule has 1 heterocycles. The van der Waals surface area contributed by atoms with Gasteiger partial charge in [0, 0.05) is 35.2 Å². The van der Waals surface area contributed by atoms with E-state index in [-0.39, 0.29) is 11.8 Å². The van der Waals surface area contributed by atoms with Gasteiger partial charge < -0.3 is 5.32 Å². The fourth-order valence-electron chi connectivity index (χ4n) is 3.46. The van der Waals surface area contributed by atoms with Crippen molar-refractivity contribution in [1.29, 1.82) is 0 Å². The lowest BCUT2D eigenvalue weighted by Crippen LogP contribution is -2.37. The molecule has 1 fully saturated rings. The van der Waals surface area contributed by atoms with Gasteiger partial charge in [-0.05, 0) is 61.8 Å². The van der Waals surface area contributed by atoms with Gasteiger partial charge in [-0.15, -0.1) is 0 Å². The van der Waals surface area contributed by atoms with E-state index in [9.17, 15) is 13.2 Å². The Morgan fingerprint density at radius 3 is 2.50 bits per heavy atom. The second kappa shape index (κ2) is 9.56. The Morgan fingerprint density at radius 1 is 1.17 bits per heavy atom. The maximum atomic E-state index is 12.7. The fourth-order valence-corrected chi connectivity index (χ4v) is 4.42. The number of rotatable bonds is 6. The number of carbonyl (C=O) groups excluding carboxylic acids is 1. The molecule has 1 aliphatic rings. The second-order valence-corrected chi connectivity index (χ2v) is 10.4. The molecule has 0 atom stereocenters. The molecule has 162 valence electrons. The molecule has 0 unspecified atom stereocenters. The minimum absolute atomic E-state index is 0.0432. The fraction of sp³-hybridized carbons (Fsp3) is 0.381. The maximum Gasteiger partial charge on any atom is 0.231 e. The summed E-state index contributed by atoms with van der Waals surface area (Å²) >= 11 is 12.2. The van der Waals surface area contributed by atoms with E-state index in [1.54, 1.807) is 30.3 Å². The van der Waals surface area contributed by atoms with E-state index < -0.39 is 10.0 Å². The van der Waals surface area contributed by atoms with Crippen molar-refractivity contribution in [2.45, 2.75) is 19.4 Å². The zero-order valence-corrected chi connectivity index (χ0v) is 19.3. The number of piperidine rings is 1. The van der Waals surface area contributed by atoms with Crippen LogP contribution in [-0.4, -0.2) is 45.6 Å². The average Bonchev–Trinajstić information content (AvgIpc) is 2.69. The van der Waals surface area contributed by atoms with Gasteiger partial charge >= 0.3 is 0 Å². The van der Waals surface area contributed by atoms with E-state index in [0.717, 1.165) is 44.3 Å². The van der Waals surface area contributed by atoms with Crippen LogP contribution in [-0.2, 0) is 21.4 Å². The smallest absolute Gasteiger partial charge is 0.231 e. The molecular weight excluding hydrogens is 445 g/mol. The van der Waals surface area contributed by atoms with Gasteiger partial charge in [0.1, 0.15) is 0 Å². The minimum Gasteiger partial charge on any atom is -0.326 e. The number of benzene rings is 2. The molecule has 1 amide bonds. The van der Waals surface area contributed by atoms with E-state index >= 15 is 0 Å². The molecule has 0 bridgehead atoms. The summed E-state index contributed by atoms with van der Waals surface area (Å²) in [6, 6.07) is 12.4. The van der Waals surface area contributed by atoms with Crippen molar-refractivity contribution in [2.24, 2.45) is 5.92 Å². The Balaban J connectivity index is 1.56. The van der Waals surface area contributed by atoms with Crippen molar-refractivity contribution < 1.29 is 13.2 Å². The lowest BCUT2D eigenvalue weighted by molar-refractivity contribution is -0.121. The summed E-state index contributed by atoms with van der Waals surface area (Å²) in [4.78, 5) is 15.0. The van der Waals surface area contributed by atoms with Crippen LogP contribution < -0.4 is 9.62 Å². The number of hydrogen-bond acceptors (Lipinski definition) is 4. The van der Waals surface area contributed by atoms with Crippen molar-refractivity contribution in [3.8, 4) is 0 Å². The lowest BCUT2D eigenvalue weighted by Gasteiger charge is -2.31. The van der Waals surface area contributed by atoms with E-state index in [1.807, 2.05) is 12.1 Å². The van der Waals surface area contributed by atoms with Crippen LogP contribution in [0.5, 0.6) is 0 Å². The molecule has 0 aliphatic carbocycles. The summed E-state index contributed by atoms with van der Waals surface area (Å²) in [5.74, 6) is -0.128. The molecule has 3 rings (SSSR count). The first-order valence-electron chi connectivity index (χ1n) is 9.64. The molecule has 0 aromatic heterocycles. The average molecular weight is 470 g/mol. The van der Waals surface area contributed by atoms with Crippen LogP contribution in [0.4, 0.5) is 11.4 Å². The Hall–Kier alpha value is -1.80. The van der Waals surface area contributed by atoms with E-state index in [2.05, 4.69) is 10.2 Å². The van der Waals surface area contributed by atoms with E-state index in [1.165, 1.54) is 11.4 Å². The Morgan fingerprint density at radius 2 is 1.87 bits per heavy atom. The standard InChI is InChI=1S/C21H25Cl2N3O3S/c1-25(30(2,28)29)19-5-3-4-18(13-19)24-21(27)15-8-10-26(11-9-15)14-16-6-7-17(22)12-20(16)23/h3-7,12-13,15H,8-11,14H2,1-2H3,(H,24,27). The normalized spacial score (nSPS) is 15.7. The van der Waals surface area contributed by atoms with Crippen LogP contribution in [0.15, 0.2) is 42.5 Å². The molecule has 1 saturated heterocycles. The SMILES string of the molecule is CN(c1cccc(NC(=O)C2CCN(Cc3ccc(Cl)cc3Cl)CC2)c1)S(C)(=O)=O. The van der Waals surface area contributed by atoms with Gasteiger partial charge in [-0.1, -0.05) is 35.3 Å². The van der Waals surface area contributed by atoms with Crippen LogP contribution in [0.1, 0.15) is 18.4 Å². The molecule has 2 aromatic carbocycles. The van der Waals surface area contributed by atoms with Gasteiger partial charge in [-0.3, -0.25) is 14.0 Å². The van der Waals surface area contributed by atoms with E-state index in [4.69, 9.17) is 23.2 Å². The van der Waals surface area contributed by atoms with Crippen LogP contribution in [0, 0.1) is 5.92 Å². The van der Waals surface area contributed by atoms with Gasteiger partial charge in [0.25, 0.3) is 0 Å². The molecule has 30 heavy (non-hydrogen) atoms. The van der Waals surface area contributed by atoms with Gasteiger partial charge in [-0.2, -0.15) is 0 Å². The first-order chi connectivity index (χ1) is 14.1. The third kappa shape index (κ3) is 5.88. The molecule has 1 aliphatic heterocycles.